The quantitative estimate of drug-likeness (QED) is 0.199. The lowest BCUT2D eigenvalue weighted by atomic mass is 10.1. The zero-order valence-electron chi connectivity index (χ0n) is 32.4. The van der Waals surface area contributed by atoms with Gasteiger partial charge in [0.1, 0.15) is 30.3 Å². The van der Waals surface area contributed by atoms with Crippen molar-refractivity contribution in [1.82, 2.24) is 25.3 Å². The third-order valence-corrected chi connectivity index (χ3v) is 8.89. The molecule has 0 aliphatic carbocycles. The second kappa shape index (κ2) is 23.8. The summed E-state index contributed by atoms with van der Waals surface area (Å²) in [5.41, 5.74) is 6.85. The van der Waals surface area contributed by atoms with Crippen LogP contribution in [0.25, 0.3) is 0 Å². The Hall–Kier alpha value is -5.75. The monoisotopic (exact) mass is 761 g/mol. The van der Waals surface area contributed by atoms with Crippen molar-refractivity contribution in [3.8, 4) is 12.3 Å². The van der Waals surface area contributed by atoms with Crippen molar-refractivity contribution >= 4 is 47.6 Å². The predicted octanol–water partition coefficient (Wildman–Crippen LogP) is 1.60. The zero-order valence-corrected chi connectivity index (χ0v) is 32.4. The molecule has 15 heteroatoms. The highest BCUT2D eigenvalue weighted by Gasteiger charge is 2.42. The summed E-state index contributed by atoms with van der Waals surface area (Å²) in [7, 11) is 3.16. The lowest BCUT2D eigenvalue weighted by Crippen LogP contribution is -2.57. The number of esters is 1. The number of terminal acetylenes is 1. The number of ether oxygens (including phenoxy) is 1. The lowest BCUT2D eigenvalue weighted by molar-refractivity contribution is -0.160. The molecule has 3 heterocycles. The molecule has 3 aliphatic heterocycles. The summed E-state index contributed by atoms with van der Waals surface area (Å²) in [6.07, 6.45) is 7.53. The molecule has 3 aliphatic rings. The highest BCUT2D eigenvalue weighted by molar-refractivity contribution is 5.95. The molecule has 2 aromatic carbocycles. The molecule has 0 radical (unpaired) electrons. The van der Waals surface area contributed by atoms with Crippen LogP contribution >= 0.6 is 0 Å². The van der Waals surface area contributed by atoms with Crippen LogP contribution in [0.1, 0.15) is 57.9 Å². The van der Waals surface area contributed by atoms with E-state index in [0.29, 0.717) is 45.2 Å². The minimum absolute atomic E-state index is 0.0364. The Morgan fingerprint density at radius 3 is 2.04 bits per heavy atom. The Bertz CT molecular complexity index is 1620. The number of carbonyl (C=O) groups excluding carboxylic acids is 7. The van der Waals surface area contributed by atoms with Gasteiger partial charge in [-0.25, -0.2) is 4.79 Å². The minimum atomic E-state index is -0.985. The Balaban J connectivity index is 0.000000380. The number of benzene rings is 2. The van der Waals surface area contributed by atoms with Gasteiger partial charge >= 0.3 is 5.97 Å². The average molecular weight is 762 g/mol. The van der Waals surface area contributed by atoms with E-state index in [1.165, 1.54) is 27.3 Å². The summed E-state index contributed by atoms with van der Waals surface area (Å²) >= 11 is 0. The molecule has 0 spiro atoms. The molecule has 3 fully saturated rings. The van der Waals surface area contributed by atoms with Crippen LogP contribution in [-0.4, -0.2) is 121 Å². The number of nitrogens with two attached hydrogens (primary N) is 1. The van der Waals surface area contributed by atoms with E-state index in [4.69, 9.17) is 16.9 Å². The number of rotatable bonds is 5. The molecule has 298 valence electrons. The van der Waals surface area contributed by atoms with E-state index in [1.54, 1.807) is 20.9 Å². The van der Waals surface area contributed by atoms with Crippen LogP contribution in [0.15, 0.2) is 60.7 Å². The fraction of sp³-hybridized carbons (Fsp3) is 0.475. The van der Waals surface area contributed by atoms with Crippen LogP contribution < -0.4 is 21.7 Å². The largest absolute Gasteiger partial charge is 0.461 e. The number of fused-ring (bicyclic) bond motifs is 2. The van der Waals surface area contributed by atoms with Crippen LogP contribution in [0.4, 0.5) is 5.69 Å². The number of primary amides is 1. The summed E-state index contributed by atoms with van der Waals surface area (Å²) in [6.45, 7) is 6.30. The third-order valence-electron chi connectivity index (χ3n) is 8.89. The number of likely N-dealkylation sites (N-methyl/N-ethyl adjacent to an activating group) is 2. The van der Waals surface area contributed by atoms with Gasteiger partial charge in [0.05, 0.1) is 13.0 Å². The molecule has 0 bridgehead atoms. The van der Waals surface area contributed by atoms with Crippen LogP contribution in [-0.2, 0) is 38.3 Å². The van der Waals surface area contributed by atoms with E-state index < -0.39 is 48.1 Å². The highest BCUT2D eigenvalue weighted by atomic mass is 16.5. The molecule has 15 nitrogen and oxygen atoms in total. The first-order valence-electron chi connectivity index (χ1n) is 18.3. The number of anilines is 1. The number of carbonyl (C=O) groups is 7. The number of cyclic esters (lactones) is 1. The topological polar surface area (TPSA) is 201 Å². The first kappa shape index (κ1) is 45.4. The second-order valence-electron chi connectivity index (χ2n) is 13.3. The molecular weight excluding hydrogens is 706 g/mol. The maximum atomic E-state index is 13.2. The van der Waals surface area contributed by atoms with Crippen LogP contribution in [0, 0.1) is 19.3 Å². The summed E-state index contributed by atoms with van der Waals surface area (Å²) in [4.78, 5) is 88.8. The van der Waals surface area contributed by atoms with E-state index in [9.17, 15) is 33.6 Å². The van der Waals surface area contributed by atoms with Gasteiger partial charge in [-0.15, -0.1) is 12.3 Å². The van der Waals surface area contributed by atoms with Crippen molar-refractivity contribution in [3.05, 3.63) is 66.2 Å². The predicted molar refractivity (Wildman–Crippen MR) is 208 cm³/mol. The fourth-order valence-corrected chi connectivity index (χ4v) is 6.12. The minimum Gasteiger partial charge on any atom is -0.461 e. The van der Waals surface area contributed by atoms with Crippen LogP contribution in [0.2, 0.25) is 0 Å². The number of nitrogens with zero attached hydrogens (tertiary/aromatic N) is 3. The molecule has 0 aromatic heterocycles. The number of hydrogen-bond donors (Lipinski definition) is 4. The lowest BCUT2D eigenvalue weighted by Gasteiger charge is -2.34. The summed E-state index contributed by atoms with van der Waals surface area (Å²) in [6, 6.07) is 16.2. The van der Waals surface area contributed by atoms with Crippen molar-refractivity contribution in [2.75, 3.05) is 39.0 Å². The van der Waals surface area contributed by atoms with Gasteiger partial charge in [-0.3, -0.25) is 28.8 Å². The molecule has 55 heavy (non-hydrogen) atoms. The molecule has 0 saturated carbocycles. The summed E-state index contributed by atoms with van der Waals surface area (Å²) < 4.78 is 5.50. The standard InChI is InChI=1S/C23H32N4O6.C7H7NO.C7H8.C3H8N2O/c1-5-8-16-20(29)24-15(3)21(30)27-12-7-10-18(27)23(32)33-14(2)13-19(28)26-11-6-9-17(26)22(31)25(16)4;9-6-8-7-4-2-1-3-5-7;1-7-5-3-2-4-6-7;1-5-2-3(4)6/h1,14-18H,6-13H2,2-4H3,(H,24,29);1-6H,(H,8,9);2-6H,1H3;5H,2H2,1H3,(H2,4,6). The molecule has 5 N–H and O–H groups in total. The van der Waals surface area contributed by atoms with Crippen LogP contribution in [0.5, 0.6) is 0 Å². The highest BCUT2D eigenvalue weighted by Crippen LogP contribution is 2.24. The molecule has 5 unspecified atom stereocenters. The van der Waals surface area contributed by atoms with Crippen molar-refractivity contribution in [3.63, 3.8) is 0 Å². The molecule has 5 rings (SSSR count). The van der Waals surface area contributed by atoms with Gasteiger partial charge in [0.2, 0.25) is 35.9 Å². The number of nitrogens with one attached hydrogen (secondary N) is 3. The van der Waals surface area contributed by atoms with Gasteiger partial charge in [-0.05, 0) is 65.6 Å². The van der Waals surface area contributed by atoms with Crippen molar-refractivity contribution in [2.45, 2.75) is 89.6 Å². The first-order chi connectivity index (χ1) is 26.2. The van der Waals surface area contributed by atoms with E-state index in [1.807, 2.05) is 48.5 Å². The van der Waals surface area contributed by atoms with Crippen molar-refractivity contribution in [1.29, 1.82) is 0 Å². The van der Waals surface area contributed by atoms with Gasteiger partial charge in [0.15, 0.2) is 0 Å². The number of aryl methyl sites for hydroxylation is 1. The van der Waals surface area contributed by atoms with Crippen LogP contribution in [0.3, 0.4) is 0 Å². The van der Waals surface area contributed by atoms with E-state index in [0.717, 1.165) is 5.69 Å². The van der Waals surface area contributed by atoms with E-state index in [-0.39, 0.29) is 37.1 Å². The molecule has 3 saturated heterocycles. The van der Waals surface area contributed by atoms with Crippen molar-refractivity contribution < 1.29 is 38.3 Å². The Morgan fingerprint density at radius 2 is 1.53 bits per heavy atom. The molecular formula is C40H55N7O8. The van der Waals surface area contributed by atoms with Gasteiger partial charge in [0, 0.05) is 32.2 Å². The number of para-hydroxylation sites is 1. The summed E-state index contributed by atoms with van der Waals surface area (Å²) in [5, 5.41) is 7.77. The number of amides is 6. The molecule has 2 aromatic rings. The third kappa shape index (κ3) is 14.9. The fourth-order valence-electron chi connectivity index (χ4n) is 6.12. The van der Waals surface area contributed by atoms with Gasteiger partial charge < -0.3 is 41.1 Å². The first-order valence-corrected chi connectivity index (χ1v) is 18.3. The molecule has 5 atom stereocenters. The van der Waals surface area contributed by atoms with Crippen molar-refractivity contribution in [2.24, 2.45) is 5.73 Å². The zero-order chi connectivity index (χ0) is 40.9. The van der Waals surface area contributed by atoms with Gasteiger partial charge in [-0.1, -0.05) is 54.1 Å². The Kier molecular flexibility index (Phi) is 19.7. The van der Waals surface area contributed by atoms with E-state index >= 15 is 0 Å². The van der Waals surface area contributed by atoms with Gasteiger partial charge in [0.25, 0.3) is 0 Å². The maximum absolute atomic E-state index is 13.2. The van der Waals surface area contributed by atoms with E-state index in [2.05, 4.69) is 40.9 Å². The molecule has 6 amide bonds. The Labute approximate surface area is 323 Å². The SMILES string of the molecule is C#CCC1C(=O)NC(C)C(=O)N2CCCC2C(=O)OC(C)CC(=O)N2CCCC2C(=O)N1C.CNCC(N)=O.Cc1ccccc1.O=CNc1ccccc1. The maximum Gasteiger partial charge on any atom is 0.329 e. The summed E-state index contributed by atoms with van der Waals surface area (Å²) in [5.74, 6) is -0.104. The Morgan fingerprint density at radius 1 is 0.945 bits per heavy atom. The second-order valence-corrected chi connectivity index (χ2v) is 13.3. The van der Waals surface area contributed by atoms with Gasteiger partial charge in [-0.2, -0.15) is 0 Å². The number of hydrogen-bond acceptors (Lipinski definition) is 9. The normalized spacial score (nSPS) is 22.7. The smallest absolute Gasteiger partial charge is 0.329 e. The average Bonchev–Trinajstić information content (AvgIpc) is 3.85.